The summed E-state index contributed by atoms with van der Waals surface area (Å²) in [7, 11) is 0. The number of phenols is 2. The van der Waals surface area contributed by atoms with Crippen LogP contribution in [-0.2, 0) is 6.42 Å². The van der Waals surface area contributed by atoms with Crippen LogP contribution in [0.3, 0.4) is 0 Å². The first-order valence-electron chi connectivity index (χ1n) is 5.47. The van der Waals surface area contributed by atoms with Gasteiger partial charge in [-0.2, -0.15) is 0 Å². The third-order valence-electron chi connectivity index (χ3n) is 3.14. The number of benzene rings is 2. The van der Waals surface area contributed by atoms with E-state index in [1.807, 2.05) is 18.2 Å². The van der Waals surface area contributed by atoms with Crippen molar-refractivity contribution in [2.24, 2.45) is 0 Å². The lowest BCUT2D eigenvalue weighted by molar-refractivity contribution is 0.367. The van der Waals surface area contributed by atoms with Crippen molar-refractivity contribution >= 4 is 11.4 Å². The molecule has 0 aromatic heterocycles. The molecule has 0 radical (unpaired) electrons. The van der Waals surface area contributed by atoms with Gasteiger partial charge in [0.1, 0.15) is 11.4 Å². The highest BCUT2D eigenvalue weighted by atomic mass is 16.5. The zero-order chi connectivity index (χ0) is 12.9. The Kier molecular flexibility index (Phi) is 2.04. The number of nitrogen functional groups attached to an aromatic ring is 2. The van der Waals surface area contributed by atoms with Crippen molar-refractivity contribution in [3.05, 3.63) is 35.4 Å². The van der Waals surface area contributed by atoms with Gasteiger partial charge in [0.2, 0.25) is 5.75 Å². The standard InChI is InChI=1S/C13H12N2O3/c14-9-7-5-6-3-1-2-4-8(6)18-13(7)12(17)11(16)10(9)15/h1-4,16-17H,5,14-15H2. The molecule has 1 aliphatic heterocycles. The smallest absolute Gasteiger partial charge is 0.203 e. The zero-order valence-corrected chi connectivity index (χ0v) is 9.47. The predicted molar refractivity (Wildman–Crippen MR) is 67.9 cm³/mol. The SMILES string of the molecule is Nc1c(N)c2c(c(O)c1O)Oc1ccccc1C2. The number of rotatable bonds is 0. The summed E-state index contributed by atoms with van der Waals surface area (Å²) in [5.74, 6) is 0.0126. The third kappa shape index (κ3) is 1.27. The second kappa shape index (κ2) is 3.46. The Bertz CT molecular complexity index is 597. The molecule has 0 saturated carbocycles. The maximum atomic E-state index is 9.86. The van der Waals surface area contributed by atoms with Gasteiger partial charge in [-0.1, -0.05) is 18.2 Å². The van der Waals surface area contributed by atoms with Crippen LogP contribution in [0.5, 0.6) is 23.0 Å². The first-order chi connectivity index (χ1) is 8.59. The number of nitrogens with two attached hydrogens (primary N) is 2. The van der Waals surface area contributed by atoms with Crippen LogP contribution in [0.4, 0.5) is 11.4 Å². The van der Waals surface area contributed by atoms with E-state index < -0.39 is 5.75 Å². The number of fused-ring (bicyclic) bond motifs is 2. The number of hydrogen-bond donors (Lipinski definition) is 4. The molecule has 0 saturated heterocycles. The quantitative estimate of drug-likeness (QED) is 0.275. The van der Waals surface area contributed by atoms with Crippen LogP contribution in [0.25, 0.3) is 0 Å². The molecule has 0 unspecified atom stereocenters. The maximum absolute atomic E-state index is 9.86. The van der Waals surface area contributed by atoms with Crippen LogP contribution in [0.2, 0.25) is 0 Å². The zero-order valence-electron chi connectivity index (χ0n) is 9.47. The molecule has 6 N–H and O–H groups in total. The number of phenolic OH excluding ortho intramolecular Hbond substituents is 2. The van der Waals surface area contributed by atoms with E-state index in [1.54, 1.807) is 6.07 Å². The highest BCUT2D eigenvalue weighted by Gasteiger charge is 2.26. The minimum Gasteiger partial charge on any atom is -0.503 e. The summed E-state index contributed by atoms with van der Waals surface area (Å²) in [6, 6.07) is 7.44. The molecule has 0 fully saturated rings. The number of aromatic hydroxyl groups is 2. The van der Waals surface area contributed by atoms with E-state index in [9.17, 15) is 10.2 Å². The number of anilines is 2. The summed E-state index contributed by atoms with van der Waals surface area (Å²) in [5, 5.41) is 19.5. The maximum Gasteiger partial charge on any atom is 0.203 e. The Balaban J connectivity index is 2.25. The lowest BCUT2D eigenvalue weighted by Crippen LogP contribution is -2.08. The molecule has 5 nitrogen and oxygen atoms in total. The second-order valence-corrected chi connectivity index (χ2v) is 4.22. The lowest BCUT2D eigenvalue weighted by atomic mass is 9.97. The van der Waals surface area contributed by atoms with E-state index in [0.29, 0.717) is 17.7 Å². The first-order valence-corrected chi connectivity index (χ1v) is 5.47. The molecular weight excluding hydrogens is 232 g/mol. The van der Waals surface area contributed by atoms with Crippen LogP contribution >= 0.6 is 0 Å². The average Bonchev–Trinajstić information content (AvgIpc) is 2.41. The number of hydrogen-bond acceptors (Lipinski definition) is 5. The highest BCUT2D eigenvalue weighted by Crippen LogP contribution is 2.51. The monoisotopic (exact) mass is 244 g/mol. The fourth-order valence-corrected chi connectivity index (χ4v) is 2.13. The van der Waals surface area contributed by atoms with Crippen molar-refractivity contribution in [3.63, 3.8) is 0 Å². The number of para-hydroxylation sites is 1. The molecule has 3 rings (SSSR count). The Hall–Kier alpha value is -2.56. The minimum atomic E-state index is -0.439. The van der Waals surface area contributed by atoms with Gasteiger partial charge in [-0.15, -0.1) is 0 Å². The summed E-state index contributed by atoms with van der Waals surface area (Å²) >= 11 is 0. The normalized spacial score (nSPS) is 12.4. The van der Waals surface area contributed by atoms with E-state index in [-0.39, 0.29) is 22.9 Å². The van der Waals surface area contributed by atoms with Gasteiger partial charge < -0.3 is 26.4 Å². The van der Waals surface area contributed by atoms with Crippen molar-refractivity contribution in [1.82, 2.24) is 0 Å². The lowest BCUT2D eigenvalue weighted by Gasteiger charge is -2.23. The summed E-state index contributed by atoms with van der Waals surface area (Å²) in [5.41, 5.74) is 13.3. The fourth-order valence-electron chi connectivity index (χ4n) is 2.13. The molecule has 0 aliphatic carbocycles. The topological polar surface area (TPSA) is 102 Å². The molecule has 0 atom stereocenters. The van der Waals surface area contributed by atoms with Gasteiger partial charge in [0.05, 0.1) is 5.69 Å². The largest absolute Gasteiger partial charge is 0.503 e. The van der Waals surface area contributed by atoms with Crippen LogP contribution in [0, 0.1) is 0 Å². The summed E-state index contributed by atoms with van der Waals surface area (Å²) in [6.45, 7) is 0. The average molecular weight is 244 g/mol. The molecule has 0 amide bonds. The Morgan fingerprint density at radius 2 is 1.72 bits per heavy atom. The van der Waals surface area contributed by atoms with Crippen molar-refractivity contribution in [2.45, 2.75) is 6.42 Å². The Morgan fingerprint density at radius 3 is 2.50 bits per heavy atom. The highest BCUT2D eigenvalue weighted by molar-refractivity contribution is 5.83. The van der Waals surface area contributed by atoms with Crippen LogP contribution < -0.4 is 16.2 Å². The molecule has 0 bridgehead atoms. The minimum absolute atomic E-state index is 0.0192. The van der Waals surface area contributed by atoms with Crippen LogP contribution in [0.15, 0.2) is 24.3 Å². The first kappa shape index (κ1) is 10.6. The van der Waals surface area contributed by atoms with E-state index >= 15 is 0 Å². The molecule has 92 valence electrons. The molecular formula is C13H12N2O3. The molecule has 5 heteroatoms. The van der Waals surface area contributed by atoms with Gasteiger partial charge in [-0.05, 0) is 11.6 Å². The molecule has 2 aromatic rings. The fraction of sp³-hybridized carbons (Fsp3) is 0.0769. The molecule has 1 aliphatic rings. The third-order valence-corrected chi connectivity index (χ3v) is 3.14. The molecule has 18 heavy (non-hydrogen) atoms. The van der Waals surface area contributed by atoms with E-state index in [4.69, 9.17) is 16.2 Å². The van der Waals surface area contributed by atoms with E-state index in [1.165, 1.54) is 0 Å². The molecule has 0 spiro atoms. The molecule has 2 aromatic carbocycles. The Morgan fingerprint density at radius 1 is 1.00 bits per heavy atom. The van der Waals surface area contributed by atoms with Gasteiger partial charge >= 0.3 is 0 Å². The van der Waals surface area contributed by atoms with E-state index in [0.717, 1.165) is 5.56 Å². The van der Waals surface area contributed by atoms with Crippen LogP contribution in [-0.4, -0.2) is 10.2 Å². The van der Waals surface area contributed by atoms with Gasteiger partial charge in [-0.25, -0.2) is 0 Å². The van der Waals surface area contributed by atoms with Crippen molar-refractivity contribution in [3.8, 4) is 23.0 Å². The second-order valence-electron chi connectivity index (χ2n) is 4.22. The van der Waals surface area contributed by atoms with E-state index in [2.05, 4.69) is 0 Å². The molecule has 1 heterocycles. The van der Waals surface area contributed by atoms with Crippen molar-refractivity contribution < 1.29 is 14.9 Å². The summed E-state index contributed by atoms with van der Waals surface area (Å²) in [4.78, 5) is 0. The predicted octanol–water partition coefficient (Wildman–Crippen LogP) is 1.96. The number of ether oxygens (including phenoxy) is 1. The van der Waals surface area contributed by atoms with Gasteiger partial charge in [-0.3, -0.25) is 0 Å². The summed E-state index contributed by atoms with van der Waals surface area (Å²) < 4.78 is 5.58. The van der Waals surface area contributed by atoms with Gasteiger partial charge in [0, 0.05) is 12.0 Å². The summed E-state index contributed by atoms with van der Waals surface area (Å²) in [6.07, 6.45) is 0.509. The van der Waals surface area contributed by atoms with Crippen LogP contribution in [0.1, 0.15) is 11.1 Å². The Labute approximate surface area is 103 Å². The van der Waals surface area contributed by atoms with Gasteiger partial charge in [0.25, 0.3) is 0 Å². The van der Waals surface area contributed by atoms with Gasteiger partial charge in [0.15, 0.2) is 11.5 Å². The van der Waals surface area contributed by atoms with Crippen molar-refractivity contribution in [1.29, 1.82) is 0 Å². The van der Waals surface area contributed by atoms with Crippen molar-refractivity contribution in [2.75, 3.05) is 11.5 Å².